The molecule has 8 heteroatoms. The van der Waals surface area contributed by atoms with Crippen LogP contribution >= 0.6 is 0 Å². The zero-order valence-corrected chi connectivity index (χ0v) is 17.2. The predicted octanol–water partition coefficient (Wildman–Crippen LogP) is 2.50. The molecular weight excluding hydrogens is 395 g/mol. The van der Waals surface area contributed by atoms with Gasteiger partial charge in [0.2, 0.25) is 10.0 Å². The molecule has 2 aliphatic rings. The highest BCUT2D eigenvalue weighted by Gasteiger charge is 2.47. The van der Waals surface area contributed by atoms with Gasteiger partial charge in [0.05, 0.1) is 13.2 Å². The van der Waals surface area contributed by atoms with E-state index in [1.807, 2.05) is 0 Å². The number of hydrogen-bond acceptors (Lipinski definition) is 5. The first-order valence-electron chi connectivity index (χ1n) is 9.66. The molecule has 4 rings (SSSR count). The second-order valence-electron chi connectivity index (χ2n) is 7.65. The summed E-state index contributed by atoms with van der Waals surface area (Å²) in [6.07, 6.45) is 0.710. The molecule has 0 saturated carbocycles. The number of ether oxygens (including phenoxy) is 2. The third-order valence-electron chi connectivity index (χ3n) is 5.52. The van der Waals surface area contributed by atoms with Crippen LogP contribution in [0, 0.1) is 5.82 Å². The Morgan fingerprint density at radius 2 is 1.90 bits per heavy atom. The van der Waals surface area contributed by atoms with E-state index in [4.69, 9.17) is 9.47 Å². The molecule has 1 spiro atoms. The van der Waals surface area contributed by atoms with Crippen LogP contribution in [0.4, 0.5) is 4.39 Å². The maximum Gasteiger partial charge on any atom is 0.246 e. The number of benzene rings is 2. The molecule has 1 atom stereocenters. The monoisotopic (exact) mass is 420 g/mol. The van der Waals surface area contributed by atoms with Crippen LogP contribution in [0.1, 0.15) is 12.0 Å². The number of likely N-dealkylation sites (tertiary alicyclic amines) is 1. The number of nitrogens with zero attached hydrogens (tertiary/aromatic N) is 2. The fourth-order valence-electron chi connectivity index (χ4n) is 4.07. The Labute approximate surface area is 170 Å². The molecule has 2 aromatic rings. The summed E-state index contributed by atoms with van der Waals surface area (Å²) in [6.45, 7) is 2.90. The van der Waals surface area contributed by atoms with Crippen LogP contribution in [-0.2, 0) is 21.3 Å². The number of hydrogen-bond donors (Lipinski definition) is 0. The van der Waals surface area contributed by atoms with E-state index in [2.05, 4.69) is 4.90 Å². The Morgan fingerprint density at radius 1 is 1.14 bits per heavy atom. The SMILES string of the molecule is COCCN1C[C@@]2(CCN(Cc3ccc(F)cc3)C2)Oc2ccccc2S1(=O)=O. The van der Waals surface area contributed by atoms with E-state index in [0.717, 1.165) is 12.1 Å². The lowest BCUT2D eigenvalue weighted by molar-refractivity contribution is 0.0533. The van der Waals surface area contributed by atoms with Crippen LogP contribution in [-0.4, -0.2) is 63.1 Å². The van der Waals surface area contributed by atoms with Crippen molar-refractivity contribution in [2.75, 3.05) is 39.9 Å². The molecule has 0 radical (unpaired) electrons. The number of para-hydroxylation sites is 1. The van der Waals surface area contributed by atoms with E-state index in [1.54, 1.807) is 43.5 Å². The molecular formula is C21H25FN2O4S. The first-order chi connectivity index (χ1) is 13.9. The Bertz CT molecular complexity index is 967. The third-order valence-corrected chi connectivity index (χ3v) is 7.40. The van der Waals surface area contributed by atoms with Crippen LogP contribution in [0.3, 0.4) is 0 Å². The molecule has 0 amide bonds. The zero-order valence-electron chi connectivity index (χ0n) is 16.4. The molecule has 29 heavy (non-hydrogen) atoms. The molecule has 1 saturated heterocycles. The van der Waals surface area contributed by atoms with Crippen molar-refractivity contribution in [3.63, 3.8) is 0 Å². The van der Waals surface area contributed by atoms with Crippen molar-refractivity contribution < 1.29 is 22.3 Å². The van der Waals surface area contributed by atoms with Gasteiger partial charge in [-0.1, -0.05) is 24.3 Å². The summed E-state index contributed by atoms with van der Waals surface area (Å²) in [5, 5.41) is 0. The van der Waals surface area contributed by atoms with Crippen molar-refractivity contribution in [1.29, 1.82) is 0 Å². The minimum absolute atomic E-state index is 0.199. The second-order valence-corrected chi connectivity index (χ2v) is 9.56. The standard InChI is InChI=1S/C21H25FN2O4S/c1-27-13-12-24-16-21(28-19-4-2-3-5-20(19)29(24,25)26)10-11-23(15-21)14-17-6-8-18(22)9-7-17/h2-9H,10-16H2,1H3/t21-/m0/s1. The smallest absolute Gasteiger partial charge is 0.246 e. The van der Waals surface area contributed by atoms with Crippen LogP contribution in [0.25, 0.3) is 0 Å². The molecule has 0 N–H and O–H groups in total. The zero-order chi connectivity index (χ0) is 20.5. The number of halogens is 1. The van der Waals surface area contributed by atoms with Crippen molar-refractivity contribution in [2.24, 2.45) is 0 Å². The van der Waals surface area contributed by atoms with Crippen LogP contribution in [0.2, 0.25) is 0 Å². The molecule has 2 aromatic carbocycles. The van der Waals surface area contributed by atoms with Gasteiger partial charge in [-0.3, -0.25) is 4.90 Å². The average molecular weight is 421 g/mol. The van der Waals surface area contributed by atoms with Gasteiger partial charge in [-0.05, 0) is 29.8 Å². The van der Waals surface area contributed by atoms with Gasteiger partial charge in [0.1, 0.15) is 22.1 Å². The molecule has 2 aliphatic heterocycles. The Kier molecular flexibility index (Phi) is 5.61. The number of rotatable bonds is 5. The molecule has 0 aliphatic carbocycles. The summed E-state index contributed by atoms with van der Waals surface area (Å²) in [5.74, 6) is 0.144. The molecule has 0 unspecified atom stereocenters. The highest BCUT2D eigenvalue weighted by atomic mass is 32.2. The summed E-state index contributed by atoms with van der Waals surface area (Å²) in [5.41, 5.74) is 0.384. The van der Waals surface area contributed by atoms with Crippen LogP contribution in [0.5, 0.6) is 5.75 Å². The Balaban J connectivity index is 1.60. The van der Waals surface area contributed by atoms with Crippen LogP contribution in [0.15, 0.2) is 53.4 Å². The largest absolute Gasteiger partial charge is 0.483 e. The van der Waals surface area contributed by atoms with Gasteiger partial charge >= 0.3 is 0 Å². The number of methoxy groups -OCH3 is 1. The molecule has 2 heterocycles. The van der Waals surface area contributed by atoms with Gasteiger partial charge in [-0.15, -0.1) is 0 Å². The first kappa shape index (κ1) is 20.3. The van der Waals surface area contributed by atoms with Crippen LogP contribution < -0.4 is 4.74 Å². The van der Waals surface area contributed by atoms with Gasteiger partial charge < -0.3 is 9.47 Å². The lowest BCUT2D eigenvalue weighted by atomic mass is 10.0. The minimum Gasteiger partial charge on any atom is -0.483 e. The average Bonchev–Trinajstić information content (AvgIpc) is 3.05. The minimum atomic E-state index is -3.67. The van der Waals surface area contributed by atoms with E-state index in [0.29, 0.717) is 31.9 Å². The van der Waals surface area contributed by atoms with Gasteiger partial charge in [-0.25, -0.2) is 12.8 Å². The summed E-state index contributed by atoms with van der Waals surface area (Å²) in [6, 6.07) is 13.3. The van der Waals surface area contributed by atoms with Gasteiger partial charge in [-0.2, -0.15) is 4.31 Å². The maximum absolute atomic E-state index is 13.2. The number of sulfonamides is 1. The molecule has 0 aromatic heterocycles. The van der Waals surface area contributed by atoms with E-state index in [-0.39, 0.29) is 23.8 Å². The summed E-state index contributed by atoms with van der Waals surface area (Å²) in [7, 11) is -2.11. The Morgan fingerprint density at radius 3 is 2.66 bits per heavy atom. The van der Waals surface area contributed by atoms with Gasteiger partial charge in [0.25, 0.3) is 0 Å². The first-order valence-corrected chi connectivity index (χ1v) is 11.1. The van der Waals surface area contributed by atoms with Gasteiger partial charge in [0.15, 0.2) is 0 Å². The van der Waals surface area contributed by atoms with Crippen molar-refractivity contribution in [2.45, 2.75) is 23.5 Å². The number of fused-ring (bicyclic) bond motifs is 1. The second kappa shape index (κ2) is 8.02. The Hall–Kier alpha value is -2.00. The lowest BCUT2D eigenvalue weighted by Crippen LogP contribution is -2.49. The normalized spacial score (nSPS) is 24.2. The van der Waals surface area contributed by atoms with Crippen molar-refractivity contribution >= 4 is 10.0 Å². The van der Waals surface area contributed by atoms with E-state index in [9.17, 15) is 12.8 Å². The van der Waals surface area contributed by atoms with E-state index >= 15 is 0 Å². The summed E-state index contributed by atoms with van der Waals surface area (Å²) in [4.78, 5) is 2.42. The highest BCUT2D eigenvalue weighted by Crippen LogP contribution is 2.38. The highest BCUT2D eigenvalue weighted by molar-refractivity contribution is 7.89. The molecule has 6 nitrogen and oxygen atoms in total. The quantitative estimate of drug-likeness (QED) is 0.744. The predicted molar refractivity (Wildman–Crippen MR) is 107 cm³/mol. The van der Waals surface area contributed by atoms with Crippen molar-refractivity contribution in [3.05, 3.63) is 59.9 Å². The topological polar surface area (TPSA) is 59.1 Å². The fourth-order valence-corrected chi connectivity index (χ4v) is 5.69. The third kappa shape index (κ3) is 4.16. The fraction of sp³-hybridized carbons (Fsp3) is 0.429. The summed E-state index contributed by atoms with van der Waals surface area (Å²) >= 11 is 0. The van der Waals surface area contributed by atoms with E-state index < -0.39 is 15.6 Å². The molecule has 0 bridgehead atoms. The van der Waals surface area contributed by atoms with Gasteiger partial charge in [0, 0.05) is 39.7 Å². The molecule has 1 fully saturated rings. The van der Waals surface area contributed by atoms with Crippen molar-refractivity contribution in [3.8, 4) is 5.75 Å². The lowest BCUT2D eigenvalue weighted by Gasteiger charge is -2.32. The van der Waals surface area contributed by atoms with Crippen molar-refractivity contribution in [1.82, 2.24) is 9.21 Å². The van der Waals surface area contributed by atoms with E-state index in [1.165, 1.54) is 16.4 Å². The maximum atomic E-state index is 13.2. The summed E-state index contributed by atoms with van der Waals surface area (Å²) < 4.78 is 52.6. The molecule has 156 valence electrons.